The van der Waals surface area contributed by atoms with Crippen LogP contribution in [0.5, 0.6) is 0 Å². The molecule has 1 aromatic rings. The highest BCUT2D eigenvalue weighted by Gasteiger charge is 2.23. The van der Waals surface area contributed by atoms with Crippen LogP contribution in [-0.4, -0.2) is 17.3 Å². The van der Waals surface area contributed by atoms with Crippen LogP contribution in [0.3, 0.4) is 0 Å². The van der Waals surface area contributed by atoms with Crippen LogP contribution in [0.1, 0.15) is 31.2 Å². The Morgan fingerprint density at radius 2 is 2.12 bits per heavy atom. The van der Waals surface area contributed by atoms with Gasteiger partial charge in [-0.15, -0.1) is 0 Å². The number of rotatable bonds is 0. The van der Waals surface area contributed by atoms with Gasteiger partial charge in [0.25, 0.3) is 0 Å². The van der Waals surface area contributed by atoms with Gasteiger partial charge in [0.2, 0.25) is 0 Å². The van der Waals surface area contributed by atoms with Gasteiger partial charge in [-0.3, -0.25) is 0 Å². The van der Waals surface area contributed by atoms with Gasteiger partial charge in [0.1, 0.15) is 5.84 Å². The maximum atomic E-state index is 6.29. The van der Waals surface area contributed by atoms with Crippen molar-refractivity contribution in [2.24, 2.45) is 4.99 Å². The molecule has 0 bridgehead atoms. The van der Waals surface area contributed by atoms with Gasteiger partial charge in [-0.25, -0.2) is 4.99 Å². The first-order valence-corrected chi connectivity index (χ1v) is 7.21. The van der Waals surface area contributed by atoms with Gasteiger partial charge >= 0.3 is 0 Å². The maximum absolute atomic E-state index is 6.29. The molecule has 0 aromatic heterocycles. The van der Waals surface area contributed by atoms with E-state index in [1.54, 1.807) is 0 Å². The first kappa shape index (κ1) is 11.5. The van der Waals surface area contributed by atoms with Gasteiger partial charge in [0.05, 0.1) is 5.69 Å². The van der Waals surface area contributed by atoms with E-state index in [9.17, 15) is 0 Å². The summed E-state index contributed by atoms with van der Waals surface area (Å²) in [6.45, 7) is 2.03. The highest BCUT2D eigenvalue weighted by Crippen LogP contribution is 2.36. The molecule has 1 saturated heterocycles. The molecular formula is C13H14BrClN2. The second-order valence-corrected chi connectivity index (χ2v) is 5.97. The summed E-state index contributed by atoms with van der Waals surface area (Å²) in [7, 11) is 0. The highest BCUT2D eigenvalue weighted by molar-refractivity contribution is 9.10. The summed E-state index contributed by atoms with van der Waals surface area (Å²) >= 11 is 9.77. The smallest absolute Gasteiger partial charge is 0.105 e. The normalized spacial score (nSPS) is 19.2. The van der Waals surface area contributed by atoms with E-state index in [-0.39, 0.29) is 0 Å². The average molecular weight is 314 g/mol. The lowest BCUT2D eigenvalue weighted by Crippen LogP contribution is -2.32. The third kappa shape index (κ3) is 2.23. The third-order valence-corrected chi connectivity index (χ3v) is 4.22. The van der Waals surface area contributed by atoms with Crippen molar-refractivity contribution in [2.45, 2.75) is 32.2 Å². The van der Waals surface area contributed by atoms with E-state index in [4.69, 9.17) is 16.6 Å². The van der Waals surface area contributed by atoms with Crippen LogP contribution in [-0.2, 0) is 6.54 Å². The SMILES string of the molecule is Clc1cc(Br)cc2c1CN1CCCCCC1=N2. The molecule has 2 nitrogen and oxygen atoms in total. The number of benzene rings is 1. The fraction of sp³-hybridized carbons (Fsp3) is 0.462. The minimum absolute atomic E-state index is 0.821. The van der Waals surface area contributed by atoms with Crippen LogP contribution in [0, 0.1) is 0 Å². The number of aliphatic imine (C=N–C) groups is 1. The molecular weight excluding hydrogens is 300 g/mol. The Morgan fingerprint density at radius 1 is 1.24 bits per heavy atom. The Kier molecular flexibility index (Phi) is 3.14. The molecule has 1 fully saturated rings. The van der Waals surface area contributed by atoms with E-state index in [1.165, 1.54) is 30.7 Å². The standard InChI is InChI=1S/C13H14BrClN2/c14-9-6-11(15)10-8-17-5-3-1-2-4-13(17)16-12(10)7-9/h6-7H,1-5,8H2. The molecule has 0 amide bonds. The number of hydrogen-bond donors (Lipinski definition) is 0. The predicted octanol–water partition coefficient (Wildman–Crippen LogP) is 4.52. The van der Waals surface area contributed by atoms with E-state index < -0.39 is 0 Å². The summed E-state index contributed by atoms with van der Waals surface area (Å²) < 4.78 is 1.01. The van der Waals surface area contributed by atoms with Gasteiger partial charge in [0, 0.05) is 34.6 Å². The number of hydrogen-bond acceptors (Lipinski definition) is 2. The zero-order valence-electron chi connectivity index (χ0n) is 9.55. The summed E-state index contributed by atoms with van der Waals surface area (Å²) in [5.74, 6) is 1.24. The van der Waals surface area contributed by atoms with Crippen molar-refractivity contribution < 1.29 is 0 Å². The molecule has 4 heteroatoms. The van der Waals surface area contributed by atoms with E-state index >= 15 is 0 Å². The van der Waals surface area contributed by atoms with Gasteiger partial charge < -0.3 is 4.90 Å². The molecule has 17 heavy (non-hydrogen) atoms. The lowest BCUT2D eigenvalue weighted by Gasteiger charge is -2.29. The van der Waals surface area contributed by atoms with Crippen molar-refractivity contribution in [3.05, 3.63) is 27.2 Å². The molecule has 2 aliphatic heterocycles. The Bertz CT molecular complexity index is 485. The van der Waals surface area contributed by atoms with Crippen LogP contribution in [0.15, 0.2) is 21.6 Å². The predicted molar refractivity (Wildman–Crippen MR) is 75.1 cm³/mol. The zero-order valence-corrected chi connectivity index (χ0v) is 11.9. The first-order chi connectivity index (χ1) is 8.24. The maximum Gasteiger partial charge on any atom is 0.105 e. The molecule has 0 aliphatic carbocycles. The van der Waals surface area contributed by atoms with Crippen molar-refractivity contribution in [1.82, 2.24) is 4.90 Å². The molecule has 0 saturated carbocycles. The number of halogens is 2. The van der Waals surface area contributed by atoms with Crippen LogP contribution in [0.2, 0.25) is 5.02 Å². The van der Waals surface area contributed by atoms with Gasteiger partial charge in [-0.2, -0.15) is 0 Å². The van der Waals surface area contributed by atoms with Gasteiger partial charge in [0.15, 0.2) is 0 Å². The lowest BCUT2D eigenvalue weighted by atomic mass is 10.1. The minimum atomic E-state index is 0.821. The fourth-order valence-electron chi connectivity index (χ4n) is 2.52. The van der Waals surface area contributed by atoms with E-state index in [0.29, 0.717) is 0 Å². The number of nitrogens with zero attached hydrogens (tertiary/aromatic N) is 2. The molecule has 90 valence electrons. The summed E-state index contributed by atoms with van der Waals surface area (Å²) in [6.07, 6.45) is 4.93. The zero-order chi connectivity index (χ0) is 11.8. The van der Waals surface area contributed by atoms with Crippen molar-refractivity contribution in [1.29, 1.82) is 0 Å². The molecule has 1 aromatic carbocycles. The quantitative estimate of drug-likeness (QED) is 0.687. The molecule has 2 aliphatic rings. The van der Waals surface area contributed by atoms with Crippen molar-refractivity contribution in [2.75, 3.05) is 6.54 Å². The summed E-state index contributed by atoms with van der Waals surface area (Å²) in [5.41, 5.74) is 2.21. The minimum Gasteiger partial charge on any atom is -0.356 e. The van der Waals surface area contributed by atoms with Crippen LogP contribution in [0.25, 0.3) is 0 Å². The highest BCUT2D eigenvalue weighted by atomic mass is 79.9. The molecule has 0 N–H and O–H groups in total. The Morgan fingerprint density at radius 3 is 3.00 bits per heavy atom. The van der Waals surface area contributed by atoms with Crippen molar-refractivity contribution in [3.63, 3.8) is 0 Å². The third-order valence-electron chi connectivity index (χ3n) is 3.43. The van der Waals surface area contributed by atoms with Crippen LogP contribution < -0.4 is 0 Å². The fourth-order valence-corrected chi connectivity index (χ4v) is 3.37. The summed E-state index contributed by atoms with van der Waals surface area (Å²) in [4.78, 5) is 7.16. The number of fused-ring (bicyclic) bond motifs is 2. The molecule has 0 radical (unpaired) electrons. The molecule has 2 heterocycles. The van der Waals surface area contributed by atoms with E-state index in [0.717, 1.165) is 34.7 Å². The Balaban J connectivity index is 2.05. The Hall–Kier alpha value is -0.540. The van der Waals surface area contributed by atoms with Crippen molar-refractivity contribution >= 4 is 39.1 Å². The van der Waals surface area contributed by atoms with Crippen molar-refractivity contribution in [3.8, 4) is 0 Å². The van der Waals surface area contributed by atoms with E-state index in [2.05, 4.69) is 26.9 Å². The van der Waals surface area contributed by atoms with Crippen LogP contribution >= 0.6 is 27.5 Å². The Labute approximate surface area is 115 Å². The summed E-state index contributed by atoms with van der Waals surface area (Å²) in [6, 6.07) is 4.02. The first-order valence-electron chi connectivity index (χ1n) is 6.04. The molecule has 0 unspecified atom stereocenters. The summed E-state index contributed by atoms with van der Waals surface area (Å²) in [5, 5.41) is 0.821. The monoisotopic (exact) mass is 312 g/mol. The van der Waals surface area contributed by atoms with Crippen LogP contribution in [0.4, 0.5) is 5.69 Å². The number of amidine groups is 1. The van der Waals surface area contributed by atoms with Gasteiger partial charge in [-0.05, 0) is 25.0 Å². The topological polar surface area (TPSA) is 15.6 Å². The molecule has 3 rings (SSSR count). The second kappa shape index (κ2) is 4.62. The lowest BCUT2D eigenvalue weighted by molar-refractivity contribution is 0.403. The largest absolute Gasteiger partial charge is 0.356 e. The average Bonchev–Trinajstić information content (AvgIpc) is 2.51. The van der Waals surface area contributed by atoms with E-state index in [1.807, 2.05) is 6.07 Å². The van der Waals surface area contributed by atoms with Gasteiger partial charge in [-0.1, -0.05) is 34.0 Å². The second-order valence-electron chi connectivity index (χ2n) is 4.65. The molecule has 0 spiro atoms. The molecule has 0 atom stereocenters.